The van der Waals surface area contributed by atoms with Crippen LogP contribution in [0.2, 0.25) is 0 Å². The van der Waals surface area contributed by atoms with Crippen LogP contribution in [0.4, 0.5) is 8.78 Å². The third kappa shape index (κ3) is 3.81. The quantitative estimate of drug-likeness (QED) is 0.427. The summed E-state index contributed by atoms with van der Waals surface area (Å²) in [4.78, 5) is 4.54. The average molecular weight is 387 g/mol. The first-order valence-corrected chi connectivity index (χ1v) is 9.46. The van der Waals surface area contributed by atoms with E-state index in [1.807, 2.05) is 5.38 Å². The molecule has 0 unspecified atom stereocenters. The highest BCUT2D eigenvalue weighted by molar-refractivity contribution is 7.98. The zero-order valence-corrected chi connectivity index (χ0v) is 14.9. The molecule has 2 heterocycles. The van der Waals surface area contributed by atoms with E-state index in [0.717, 1.165) is 16.3 Å². The Morgan fingerprint density at radius 1 is 0.885 bits per heavy atom. The summed E-state index contributed by atoms with van der Waals surface area (Å²) in [6.45, 7) is 0. The number of hydrogen-bond acceptors (Lipinski definition) is 6. The zero-order valence-electron chi connectivity index (χ0n) is 13.2. The fraction of sp³-hybridized carbons (Fsp3) is 0.0556. The molecule has 26 heavy (non-hydrogen) atoms. The molecule has 0 fully saturated rings. The second-order valence-corrected chi connectivity index (χ2v) is 7.10. The van der Waals surface area contributed by atoms with E-state index >= 15 is 0 Å². The van der Waals surface area contributed by atoms with Gasteiger partial charge >= 0.3 is 0 Å². The Morgan fingerprint density at radius 2 is 1.54 bits per heavy atom. The molecule has 0 N–H and O–H groups in total. The van der Waals surface area contributed by atoms with E-state index in [9.17, 15) is 8.78 Å². The normalized spacial score (nSPS) is 11.0. The highest BCUT2D eigenvalue weighted by atomic mass is 32.2. The largest absolute Gasteiger partial charge is 0.411 e. The second-order valence-electron chi connectivity index (χ2n) is 5.32. The average Bonchev–Trinajstić information content (AvgIpc) is 3.31. The van der Waals surface area contributed by atoms with E-state index in [4.69, 9.17) is 4.42 Å². The van der Waals surface area contributed by atoms with Crippen molar-refractivity contribution in [3.63, 3.8) is 0 Å². The first-order chi connectivity index (χ1) is 12.7. The number of rotatable bonds is 5. The lowest BCUT2D eigenvalue weighted by Gasteiger charge is -1.96. The van der Waals surface area contributed by atoms with Gasteiger partial charge in [-0.2, -0.15) is 0 Å². The molecular formula is C18H11F2N3OS2. The fourth-order valence-electron chi connectivity index (χ4n) is 2.21. The minimum absolute atomic E-state index is 0.269. The van der Waals surface area contributed by atoms with Crippen molar-refractivity contribution < 1.29 is 13.2 Å². The Kier molecular flexibility index (Phi) is 4.77. The predicted octanol–water partition coefficient (Wildman–Crippen LogP) is 5.43. The van der Waals surface area contributed by atoms with E-state index in [-0.39, 0.29) is 11.6 Å². The number of thioether (sulfide) groups is 1. The van der Waals surface area contributed by atoms with Gasteiger partial charge in [-0.05, 0) is 48.5 Å². The summed E-state index contributed by atoms with van der Waals surface area (Å²) in [6.07, 6.45) is 0. The van der Waals surface area contributed by atoms with Gasteiger partial charge in [-0.1, -0.05) is 11.8 Å². The number of halogens is 2. The molecule has 0 saturated heterocycles. The molecule has 0 aliphatic carbocycles. The maximum atomic E-state index is 13.0. The van der Waals surface area contributed by atoms with Crippen LogP contribution in [0.25, 0.3) is 22.0 Å². The number of benzene rings is 2. The number of nitrogens with zero attached hydrogens (tertiary/aromatic N) is 3. The summed E-state index contributed by atoms with van der Waals surface area (Å²) in [5.74, 6) is 0.332. The minimum atomic E-state index is -0.316. The molecule has 0 atom stereocenters. The van der Waals surface area contributed by atoms with Gasteiger partial charge in [-0.3, -0.25) is 0 Å². The van der Waals surface area contributed by atoms with E-state index in [1.165, 1.54) is 47.4 Å². The van der Waals surface area contributed by atoms with Crippen molar-refractivity contribution >= 4 is 23.1 Å². The van der Waals surface area contributed by atoms with E-state index in [1.54, 1.807) is 24.3 Å². The van der Waals surface area contributed by atoms with Crippen LogP contribution in [-0.4, -0.2) is 15.2 Å². The SMILES string of the molecule is Fc1ccc(-c2nnc(SCc3csc(-c4ccc(F)cc4)n3)o2)cc1. The van der Waals surface area contributed by atoms with E-state index in [2.05, 4.69) is 15.2 Å². The van der Waals surface area contributed by atoms with Crippen molar-refractivity contribution in [3.05, 3.63) is 71.2 Å². The lowest BCUT2D eigenvalue weighted by atomic mass is 10.2. The summed E-state index contributed by atoms with van der Waals surface area (Å²) in [6, 6.07) is 12.1. The van der Waals surface area contributed by atoms with E-state index < -0.39 is 0 Å². The van der Waals surface area contributed by atoms with Crippen LogP contribution in [0.3, 0.4) is 0 Å². The topological polar surface area (TPSA) is 51.8 Å². The minimum Gasteiger partial charge on any atom is -0.411 e. The molecule has 0 aliphatic rings. The molecule has 0 bridgehead atoms. The Hall–Kier alpha value is -2.58. The summed E-state index contributed by atoms with van der Waals surface area (Å²) in [7, 11) is 0. The standard InChI is InChI=1S/C18H11F2N3OS2/c19-13-5-1-11(2-6-13)16-22-23-18(24-16)26-10-15-9-25-17(21-15)12-3-7-14(20)8-4-12/h1-9H,10H2. The van der Waals surface area contributed by atoms with Gasteiger partial charge in [0.1, 0.15) is 16.6 Å². The first-order valence-electron chi connectivity index (χ1n) is 7.60. The highest BCUT2D eigenvalue weighted by Crippen LogP contribution is 2.29. The molecule has 4 aromatic rings. The van der Waals surface area contributed by atoms with Gasteiger partial charge < -0.3 is 4.42 Å². The van der Waals surface area contributed by atoms with Gasteiger partial charge in [0, 0.05) is 22.3 Å². The van der Waals surface area contributed by atoms with Gasteiger partial charge in [0.2, 0.25) is 5.89 Å². The maximum Gasteiger partial charge on any atom is 0.277 e. The third-order valence-electron chi connectivity index (χ3n) is 3.48. The molecule has 0 saturated carbocycles. The van der Waals surface area contributed by atoms with Crippen molar-refractivity contribution in [2.24, 2.45) is 0 Å². The molecule has 2 aromatic carbocycles. The van der Waals surface area contributed by atoms with Gasteiger partial charge in [0.25, 0.3) is 5.22 Å². The Bertz CT molecular complexity index is 930. The molecule has 130 valence electrons. The van der Waals surface area contributed by atoms with Crippen LogP contribution in [0.15, 0.2) is 63.6 Å². The molecule has 4 rings (SSSR count). The highest BCUT2D eigenvalue weighted by Gasteiger charge is 2.11. The molecule has 0 aliphatic heterocycles. The van der Waals surface area contributed by atoms with Crippen molar-refractivity contribution in [1.82, 2.24) is 15.2 Å². The molecule has 0 radical (unpaired) electrons. The smallest absolute Gasteiger partial charge is 0.277 e. The Labute approximate surface area is 155 Å². The van der Waals surface area contributed by atoms with Crippen molar-refractivity contribution in [2.75, 3.05) is 0 Å². The zero-order chi connectivity index (χ0) is 17.9. The molecule has 8 heteroatoms. The third-order valence-corrected chi connectivity index (χ3v) is 5.28. The van der Waals surface area contributed by atoms with Gasteiger partial charge in [0.15, 0.2) is 0 Å². The van der Waals surface area contributed by atoms with E-state index in [0.29, 0.717) is 22.4 Å². The summed E-state index contributed by atoms with van der Waals surface area (Å²) in [5, 5.41) is 11.2. The van der Waals surface area contributed by atoms with Crippen LogP contribution in [-0.2, 0) is 5.75 Å². The maximum absolute atomic E-state index is 13.0. The molecule has 4 nitrogen and oxygen atoms in total. The second kappa shape index (κ2) is 7.35. The summed E-state index contributed by atoms with van der Waals surface area (Å²) < 4.78 is 31.6. The van der Waals surface area contributed by atoms with Crippen molar-refractivity contribution in [3.8, 4) is 22.0 Å². The first kappa shape index (κ1) is 16.9. The van der Waals surface area contributed by atoms with Crippen LogP contribution < -0.4 is 0 Å². The van der Waals surface area contributed by atoms with Crippen LogP contribution in [0, 0.1) is 11.6 Å². The van der Waals surface area contributed by atoms with Crippen molar-refractivity contribution in [1.29, 1.82) is 0 Å². The molecule has 0 amide bonds. The summed E-state index contributed by atoms with van der Waals surface area (Å²) in [5.41, 5.74) is 2.42. The van der Waals surface area contributed by atoms with Crippen molar-refractivity contribution in [2.45, 2.75) is 11.0 Å². The lowest BCUT2D eigenvalue weighted by molar-refractivity contribution is 0.465. The van der Waals surface area contributed by atoms with Gasteiger partial charge in [0.05, 0.1) is 5.69 Å². The number of aromatic nitrogens is 3. The number of hydrogen-bond donors (Lipinski definition) is 0. The Morgan fingerprint density at radius 3 is 2.23 bits per heavy atom. The van der Waals surface area contributed by atoms with Gasteiger partial charge in [-0.25, -0.2) is 13.8 Å². The van der Waals surface area contributed by atoms with Crippen LogP contribution in [0.5, 0.6) is 0 Å². The predicted molar refractivity (Wildman–Crippen MR) is 96.8 cm³/mol. The molecule has 0 spiro atoms. The molecule has 2 aromatic heterocycles. The monoisotopic (exact) mass is 387 g/mol. The van der Waals surface area contributed by atoms with Crippen LogP contribution in [0.1, 0.15) is 5.69 Å². The lowest BCUT2D eigenvalue weighted by Crippen LogP contribution is -1.82. The van der Waals surface area contributed by atoms with Crippen LogP contribution >= 0.6 is 23.1 Å². The molecular weight excluding hydrogens is 376 g/mol. The van der Waals surface area contributed by atoms with Gasteiger partial charge in [-0.15, -0.1) is 21.5 Å². The fourth-order valence-corrected chi connectivity index (χ4v) is 3.80. The number of thiazole rings is 1. The Balaban J connectivity index is 1.42. The summed E-state index contributed by atoms with van der Waals surface area (Å²) >= 11 is 2.87.